The van der Waals surface area contributed by atoms with E-state index in [9.17, 15) is 8.78 Å². The number of alkyl halides is 2. The number of aryl methyl sites for hydroxylation is 1. The molecule has 4 heteroatoms. The molecular formula is C13H17F2NO. The smallest absolute Gasteiger partial charge is 0.256 e. The number of hydrogen-bond acceptors (Lipinski definition) is 2. The maximum absolute atomic E-state index is 12.6. The number of benzene rings is 1. The van der Waals surface area contributed by atoms with Gasteiger partial charge in [-0.2, -0.15) is 0 Å². The summed E-state index contributed by atoms with van der Waals surface area (Å²) in [5.74, 6) is 0.915. The van der Waals surface area contributed by atoms with Crippen molar-refractivity contribution >= 4 is 0 Å². The molecule has 2 rings (SSSR count). The summed E-state index contributed by atoms with van der Waals surface area (Å²) in [6.45, 7) is 2.11. The van der Waals surface area contributed by atoms with Gasteiger partial charge in [0.25, 0.3) is 6.43 Å². The SMILES string of the molecule is CC(N)(CCc1ccc2c(c1)CCO2)C(F)F. The van der Waals surface area contributed by atoms with Crippen molar-refractivity contribution in [3.63, 3.8) is 0 Å². The number of nitrogens with two attached hydrogens (primary N) is 1. The second-order valence-electron chi connectivity index (χ2n) is 4.85. The third-order valence-electron chi connectivity index (χ3n) is 3.20. The Morgan fingerprint density at radius 1 is 1.47 bits per heavy atom. The monoisotopic (exact) mass is 241 g/mol. The van der Waals surface area contributed by atoms with Crippen LogP contribution in [0.15, 0.2) is 18.2 Å². The first kappa shape index (κ1) is 12.3. The first-order valence-electron chi connectivity index (χ1n) is 5.81. The van der Waals surface area contributed by atoms with Crippen molar-refractivity contribution in [1.82, 2.24) is 0 Å². The third kappa shape index (κ3) is 2.75. The van der Waals surface area contributed by atoms with Crippen LogP contribution < -0.4 is 10.5 Å². The summed E-state index contributed by atoms with van der Waals surface area (Å²) < 4.78 is 30.6. The summed E-state index contributed by atoms with van der Waals surface area (Å²) in [7, 11) is 0. The number of hydrogen-bond donors (Lipinski definition) is 1. The Labute approximate surface area is 99.8 Å². The Morgan fingerprint density at radius 2 is 2.24 bits per heavy atom. The van der Waals surface area contributed by atoms with Gasteiger partial charge in [0.15, 0.2) is 0 Å². The van der Waals surface area contributed by atoms with E-state index in [1.54, 1.807) is 0 Å². The number of halogens is 2. The van der Waals surface area contributed by atoms with Gasteiger partial charge < -0.3 is 10.5 Å². The Hall–Kier alpha value is -1.16. The fourth-order valence-electron chi connectivity index (χ4n) is 1.92. The largest absolute Gasteiger partial charge is 0.493 e. The fraction of sp³-hybridized carbons (Fsp3) is 0.538. The molecule has 1 aromatic rings. The minimum Gasteiger partial charge on any atom is -0.493 e. The van der Waals surface area contributed by atoms with Crippen LogP contribution in [0.5, 0.6) is 5.75 Å². The van der Waals surface area contributed by atoms with Gasteiger partial charge in [0.2, 0.25) is 0 Å². The zero-order valence-electron chi connectivity index (χ0n) is 9.88. The molecule has 1 unspecified atom stereocenters. The summed E-state index contributed by atoms with van der Waals surface area (Å²) in [5, 5.41) is 0. The van der Waals surface area contributed by atoms with Crippen LogP contribution in [0.3, 0.4) is 0 Å². The highest BCUT2D eigenvalue weighted by atomic mass is 19.3. The Kier molecular flexibility index (Phi) is 3.33. The highest BCUT2D eigenvalue weighted by Crippen LogP contribution is 2.27. The maximum Gasteiger partial charge on any atom is 0.256 e. The van der Waals surface area contributed by atoms with Crippen LogP contribution in [-0.2, 0) is 12.8 Å². The molecule has 0 radical (unpaired) electrons. The van der Waals surface area contributed by atoms with Crippen molar-refractivity contribution < 1.29 is 13.5 Å². The van der Waals surface area contributed by atoms with Gasteiger partial charge in [0.1, 0.15) is 5.75 Å². The van der Waals surface area contributed by atoms with Crippen molar-refractivity contribution in [1.29, 1.82) is 0 Å². The molecule has 94 valence electrons. The van der Waals surface area contributed by atoms with E-state index in [0.29, 0.717) is 13.0 Å². The lowest BCUT2D eigenvalue weighted by Gasteiger charge is -2.23. The van der Waals surface area contributed by atoms with Crippen LogP contribution in [0, 0.1) is 0 Å². The fourth-order valence-corrected chi connectivity index (χ4v) is 1.92. The maximum atomic E-state index is 12.6. The Morgan fingerprint density at radius 3 is 2.94 bits per heavy atom. The summed E-state index contributed by atoms with van der Waals surface area (Å²) in [5.41, 5.74) is 6.35. The molecule has 0 aromatic heterocycles. The zero-order valence-corrected chi connectivity index (χ0v) is 9.88. The summed E-state index contributed by atoms with van der Waals surface area (Å²) in [6, 6.07) is 5.86. The van der Waals surface area contributed by atoms with Crippen LogP contribution in [0.2, 0.25) is 0 Å². The molecule has 1 aliphatic heterocycles. The van der Waals surface area contributed by atoms with E-state index >= 15 is 0 Å². The molecule has 0 saturated heterocycles. The summed E-state index contributed by atoms with van der Waals surface area (Å²) in [6.07, 6.45) is -0.729. The van der Waals surface area contributed by atoms with Crippen LogP contribution in [0.4, 0.5) is 8.78 Å². The lowest BCUT2D eigenvalue weighted by Crippen LogP contribution is -2.44. The van der Waals surface area contributed by atoms with Gasteiger partial charge in [-0.1, -0.05) is 12.1 Å². The van der Waals surface area contributed by atoms with E-state index < -0.39 is 12.0 Å². The van der Waals surface area contributed by atoms with E-state index in [1.807, 2.05) is 18.2 Å². The molecule has 1 aromatic carbocycles. The Bertz CT molecular complexity index is 404. The minimum absolute atomic E-state index is 0.282. The lowest BCUT2D eigenvalue weighted by molar-refractivity contribution is 0.0591. The highest BCUT2D eigenvalue weighted by Gasteiger charge is 2.29. The average molecular weight is 241 g/mol. The molecule has 0 aliphatic carbocycles. The molecule has 1 aliphatic rings. The first-order chi connectivity index (χ1) is 7.99. The topological polar surface area (TPSA) is 35.2 Å². The average Bonchev–Trinajstić information content (AvgIpc) is 2.73. The van der Waals surface area contributed by atoms with Crippen molar-refractivity contribution in [3.8, 4) is 5.75 Å². The number of rotatable bonds is 4. The second kappa shape index (κ2) is 4.61. The Balaban J connectivity index is 2.00. The lowest BCUT2D eigenvalue weighted by atomic mass is 9.94. The summed E-state index contributed by atoms with van der Waals surface area (Å²) >= 11 is 0. The molecule has 0 fully saturated rings. The molecule has 17 heavy (non-hydrogen) atoms. The van der Waals surface area contributed by atoms with Crippen molar-refractivity contribution in [3.05, 3.63) is 29.3 Å². The van der Waals surface area contributed by atoms with E-state index in [2.05, 4.69) is 0 Å². The zero-order chi connectivity index (χ0) is 12.5. The van der Waals surface area contributed by atoms with Gasteiger partial charge in [-0.3, -0.25) is 0 Å². The predicted octanol–water partition coefficient (Wildman–Crippen LogP) is 2.54. The normalized spacial score (nSPS) is 17.7. The first-order valence-corrected chi connectivity index (χ1v) is 5.81. The molecule has 0 saturated carbocycles. The van der Waals surface area contributed by atoms with E-state index in [4.69, 9.17) is 10.5 Å². The van der Waals surface area contributed by atoms with Crippen molar-refractivity contribution in [2.24, 2.45) is 5.73 Å². The molecular weight excluding hydrogens is 224 g/mol. The molecule has 1 atom stereocenters. The van der Waals surface area contributed by atoms with Gasteiger partial charge >= 0.3 is 0 Å². The highest BCUT2D eigenvalue weighted by molar-refractivity contribution is 5.39. The molecule has 0 amide bonds. The minimum atomic E-state index is -2.49. The van der Waals surface area contributed by atoms with Crippen molar-refractivity contribution in [2.45, 2.75) is 38.2 Å². The third-order valence-corrected chi connectivity index (χ3v) is 3.20. The predicted molar refractivity (Wildman–Crippen MR) is 62.6 cm³/mol. The van der Waals surface area contributed by atoms with Crippen molar-refractivity contribution in [2.75, 3.05) is 6.61 Å². The molecule has 2 N–H and O–H groups in total. The van der Waals surface area contributed by atoms with E-state index in [0.717, 1.165) is 17.7 Å². The molecule has 2 nitrogen and oxygen atoms in total. The van der Waals surface area contributed by atoms with E-state index in [-0.39, 0.29) is 6.42 Å². The van der Waals surface area contributed by atoms with Gasteiger partial charge in [0, 0.05) is 6.42 Å². The molecule has 0 bridgehead atoms. The molecule has 0 spiro atoms. The van der Waals surface area contributed by atoms with Gasteiger partial charge in [0.05, 0.1) is 12.1 Å². The second-order valence-corrected chi connectivity index (χ2v) is 4.85. The van der Waals surface area contributed by atoms with Crippen LogP contribution in [0.1, 0.15) is 24.5 Å². The standard InChI is InChI=1S/C13H17F2NO/c1-13(16,12(14)15)6-4-9-2-3-11-10(8-9)5-7-17-11/h2-3,8,12H,4-7,16H2,1H3. The van der Waals surface area contributed by atoms with Gasteiger partial charge in [-0.05, 0) is 37.0 Å². The quantitative estimate of drug-likeness (QED) is 0.879. The number of fused-ring (bicyclic) bond motifs is 1. The van der Waals surface area contributed by atoms with Crippen LogP contribution in [0.25, 0.3) is 0 Å². The van der Waals surface area contributed by atoms with E-state index in [1.165, 1.54) is 12.5 Å². The van der Waals surface area contributed by atoms with Gasteiger partial charge in [-0.15, -0.1) is 0 Å². The van der Waals surface area contributed by atoms with Gasteiger partial charge in [-0.25, -0.2) is 8.78 Å². The van der Waals surface area contributed by atoms with Crippen LogP contribution in [-0.4, -0.2) is 18.6 Å². The van der Waals surface area contributed by atoms with Crippen LogP contribution >= 0.6 is 0 Å². The summed E-state index contributed by atoms with van der Waals surface area (Å²) in [4.78, 5) is 0. The number of ether oxygens (including phenoxy) is 1. The molecule has 1 heterocycles.